The maximum Gasteiger partial charge on any atom is 0.249 e. The third kappa shape index (κ3) is 3.63. The normalized spacial score (nSPS) is 13.0. The van der Waals surface area contributed by atoms with Crippen LogP contribution in [0.3, 0.4) is 0 Å². The molecule has 0 saturated heterocycles. The summed E-state index contributed by atoms with van der Waals surface area (Å²) in [6.07, 6.45) is 4.14. The Morgan fingerprint density at radius 1 is 1.03 bits per heavy atom. The van der Waals surface area contributed by atoms with Gasteiger partial charge in [0.25, 0.3) is 0 Å². The van der Waals surface area contributed by atoms with Crippen LogP contribution >= 0.6 is 11.6 Å². The number of halogens is 1. The van der Waals surface area contributed by atoms with Gasteiger partial charge in [0.05, 0.1) is 0 Å². The van der Waals surface area contributed by atoms with Crippen LogP contribution in [0.4, 0.5) is 0 Å². The van der Waals surface area contributed by atoms with E-state index in [9.17, 15) is 14.7 Å². The van der Waals surface area contributed by atoms with Gasteiger partial charge in [0.1, 0.15) is 12.1 Å². The van der Waals surface area contributed by atoms with E-state index in [2.05, 4.69) is 9.97 Å². The number of aromatic nitrogens is 3. The van der Waals surface area contributed by atoms with E-state index < -0.39 is 5.60 Å². The van der Waals surface area contributed by atoms with Gasteiger partial charge < -0.3 is 14.7 Å². The maximum absolute atomic E-state index is 12.4. The fourth-order valence-corrected chi connectivity index (χ4v) is 4.51. The molecule has 5 rings (SSSR count). The number of carbonyl (C=O) groups excluding carboxylic acids is 1. The molecule has 2 N–H and O–H groups in total. The topological polar surface area (TPSA) is 88.0 Å². The zero-order valence-corrected chi connectivity index (χ0v) is 19.0. The van der Waals surface area contributed by atoms with Crippen molar-refractivity contribution < 1.29 is 9.90 Å². The van der Waals surface area contributed by atoms with Crippen molar-refractivity contribution in [3.05, 3.63) is 123 Å². The molecule has 0 radical (unpaired) electrons. The quantitative estimate of drug-likeness (QED) is 0.366. The molecule has 0 aliphatic rings. The molecule has 0 aliphatic heterocycles. The van der Waals surface area contributed by atoms with Crippen molar-refractivity contribution in [1.29, 1.82) is 0 Å². The summed E-state index contributed by atoms with van der Waals surface area (Å²) in [5, 5.41) is 13.5. The van der Waals surface area contributed by atoms with E-state index >= 15 is 0 Å². The van der Waals surface area contributed by atoms with Crippen molar-refractivity contribution >= 4 is 28.8 Å². The number of aliphatic hydroxyl groups is 1. The van der Waals surface area contributed by atoms with Gasteiger partial charge in [-0.05, 0) is 46.5 Å². The number of nitrogens with zero attached hydrogens (tertiary/aromatic N) is 2. The van der Waals surface area contributed by atoms with Crippen LogP contribution in [0.25, 0.3) is 22.0 Å². The number of imidazole rings is 1. The number of nitrogens with one attached hydrogen (secondary N) is 1. The van der Waals surface area contributed by atoms with Gasteiger partial charge >= 0.3 is 0 Å². The van der Waals surface area contributed by atoms with E-state index in [1.54, 1.807) is 65.5 Å². The average Bonchev–Trinajstić information content (AvgIpc) is 3.29. The summed E-state index contributed by atoms with van der Waals surface area (Å²) in [6.45, 7) is 0. The molecule has 6 nitrogen and oxygen atoms in total. The lowest BCUT2D eigenvalue weighted by molar-refractivity contribution is 0.111. The van der Waals surface area contributed by atoms with Crippen LogP contribution in [0, 0.1) is 0 Å². The van der Waals surface area contributed by atoms with Crippen LogP contribution in [-0.2, 0) is 12.6 Å². The molecule has 5 aromatic rings. The minimum atomic E-state index is -1.62. The monoisotopic (exact) mass is 469 g/mol. The number of rotatable bonds is 5. The summed E-state index contributed by atoms with van der Waals surface area (Å²) in [7, 11) is 1.81. The van der Waals surface area contributed by atoms with Gasteiger partial charge in [0, 0.05) is 47.0 Å². The zero-order chi connectivity index (χ0) is 23.9. The number of benzene rings is 3. The van der Waals surface area contributed by atoms with Gasteiger partial charge in [-0.25, -0.2) is 4.98 Å². The largest absolute Gasteiger partial charge is 0.373 e. The summed E-state index contributed by atoms with van der Waals surface area (Å²) < 4.78 is 1.75. The molecule has 34 heavy (non-hydrogen) atoms. The number of aldehydes is 1. The number of fused-ring (bicyclic) bond motifs is 1. The van der Waals surface area contributed by atoms with Crippen LogP contribution in [-0.4, -0.2) is 25.9 Å². The van der Waals surface area contributed by atoms with E-state index in [0.29, 0.717) is 38.6 Å². The molecule has 0 spiro atoms. The molecule has 0 amide bonds. The highest BCUT2D eigenvalue weighted by molar-refractivity contribution is 6.30. The van der Waals surface area contributed by atoms with Gasteiger partial charge in [0.2, 0.25) is 5.56 Å². The van der Waals surface area contributed by atoms with Crippen molar-refractivity contribution in [2.45, 2.75) is 5.60 Å². The van der Waals surface area contributed by atoms with Crippen LogP contribution in [0.1, 0.15) is 27.3 Å². The average molecular weight is 470 g/mol. The van der Waals surface area contributed by atoms with Crippen molar-refractivity contribution in [3.63, 3.8) is 0 Å². The lowest BCUT2D eigenvalue weighted by Crippen LogP contribution is -2.32. The van der Waals surface area contributed by atoms with Gasteiger partial charge in [-0.1, -0.05) is 54.1 Å². The van der Waals surface area contributed by atoms with Gasteiger partial charge in [0.15, 0.2) is 5.60 Å². The minimum Gasteiger partial charge on any atom is -0.373 e. The molecule has 2 aromatic heterocycles. The molecule has 1 atom stereocenters. The molecule has 168 valence electrons. The predicted octanol–water partition coefficient (Wildman–Crippen LogP) is 4.68. The Morgan fingerprint density at radius 3 is 2.47 bits per heavy atom. The highest BCUT2D eigenvalue weighted by Gasteiger charge is 2.38. The second-order valence-electron chi connectivity index (χ2n) is 8.13. The van der Waals surface area contributed by atoms with E-state index in [1.807, 2.05) is 25.2 Å². The van der Waals surface area contributed by atoms with E-state index in [4.69, 9.17) is 11.6 Å². The van der Waals surface area contributed by atoms with Crippen LogP contribution < -0.4 is 5.56 Å². The number of carbonyl (C=O) groups is 1. The minimum absolute atomic E-state index is 0.237. The number of pyridine rings is 1. The first-order valence-corrected chi connectivity index (χ1v) is 11.0. The fraction of sp³-hybridized carbons (Fsp3) is 0.0741. The fourth-order valence-electron chi connectivity index (χ4n) is 4.32. The summed E-state index contributed by atoms with van der Waals surface area (Å²) in [5.41, 5.74) is 1.88. The van der Waals surface area contributed by atoms with Crippen molar-refractivity contribution in [2.24, 2.45) is 7.05 Å². The van der Waals surface area contributed by atoms with Crippen LogP contribution in [0.15, 0.2) is 90.0 Å². The SMILES string of the molecule is Cn1ccnc1C(O)(c1ccc(C=O)cc1)c1ccc2[nH]c(=O)cc(-c3cccc(Cl)c3)c2c1. The molecule has 2 heterocycles. The standard InChI is InChI=1S/C27H20ClN3O3/c1-31-12-11-29-26(31)27(34,19-7-5-17(16-32)6-8-19)20-9-10-24-23(14-20)22(15-25(33)30-24)18-3-2-4-21(28)13-18/h2-16,34H,1H3,(H,30,33). The van der Waals surface area contributed by atoms with Crippen LogP contribution in [0.2, 0.25) is 5.02 Å². The Bertz CT molecular complexity index is 1590. The predicted molar refractivity (Wildman–Crippen MR) is 132 cm³/mol. The molecule has 7 heteroatoms. The lowest BCUT2D eigenvalue weighted by atomic mass is 9.83. The van der Waals surface area contributed by atoms with Gasteiger partial charge in [-0.3, -0.25) is 9.59 Å². The molecule has 0 fully saturated rings. The zero-order valence-electron chi connectivity index (χ0n) is 18.2. The lowest BCUT2D eigenvalue weighted by Gasteiger charge is -2.29. The van der Waals surface area contributed by atoms with Crippen LogP contribution in [0.5, 0.6) is 0 Å². The van der Waals surface area contributed by atoms with Crippen molar-refractivity contribution in [2.75, 3.05) is 0 Å². The van der Waals surface area contributed by atoms with Gasteiger partial charge in [-0.2, -0.15) is 0 Å². The first-order valence-electron chi connectivity index (χ1n) is 10.6. The van der Waals surface area contributed by atoms with Crippen molar-refractivity contribution in [1.82, 2.24) is 14.5 Å². The summed E-state index contributed by atoms with van der Waals surface area (Å²) in [6, 6.07) is 20.9. The van der Waals surface area contributed by atoms with Gasteiger partial charge in [-0.15, -0.1) is 0 Å². The highest BCUT2D eigenvalue weighted by atomic mass is 35.5. The first-order chi connectivity index (χ1) is 16.4. The highest BCUT2D eigenvalue weighted by Crippen LogP contribution is 2.38. The Morgan fingerprint density at radius 2 is 1.79 bits per heavy atom. The van der Waals surface area contributed by atoms with E-state index in [-0.39, 0.29) is 5.56 Å². The maximum atomic E-state index is 12.4. The molecule has 0 aliphatic carbocycles. The molecular weight excluding hydrogens is 450 g/mol. The Balaban J connectivity index is 1.80. The van der Waals surface area contributed by atoms with E-state index in [0.717, 1.165) is 17.2 Å². The smallest absolute Gasteiger partial charge is 0.249 e. The molecular formula is C27H20ClN3O3. The summed E-state index contributed by atoms with van der Waals surface area (Å²) >= 11 is 6.22. The second kappa shape index (κ2) is 8.41. The van der Waals surface area contributed by atoms with Crippen molar-refractivity contribution in [3.8, 4) is 11.1 Å². The molecule has 0 bridgehead atoms. The number of hydrogen-bond donors (Lipinski definition) is 2. The summed E-state index contributed by atoms with van der Waals surface area (Å²) in [4.78, 5) is 30.9. The Labute approximate surface area is 200 Å². The Hall–Kier alpha value is -4.00. The molecule has 1 unspecified atom stereocenters. The molecule has 0 saturated carbocycles. The number of aryl methyl sites for hydroxylation is 1. The first kappa shape index (κ1) is 21.8. The van der Waals surface area contributed by atoms with E-state index in [1.165, 1.54) is 6.07 Å². The third-order valence-electron chi connectivity index (χ3n) is 6.01. The third-order valence-corrected chi connectivity index (χ3v) is 6.24. The number of aromatic amines is 1. The Kier molecular flexibility index (Phi) is 5.40. The number of hydrogen-bond acceptors (Lipinski definition) is 4. The summed E-state index contributed by atoms with van der Waals surface area (Å²) in [5.74, 6) is 0.416. The number of H-pyrrole nitrogens is 1. The molecule has 3 aromatic carbocycles. The second-order valence-corrected chi connectivity index (χ2v) is 8.57.